The molecule has 0 aromatic rings. The number of alkyl halides is 1. The van der Waals surface area contributed by atoms with Gasteiger partial charge in [-0.15, -0.1) is 0 Å². The molecule has 1 nitrogen and oxygen atoms in total. The molecule has 0 aromatic heterocycles. The van der Waals surface area contributed by atoms with Crippen LogP contribution < -0.4 is 5.32 Å². The Morgan fingerprint density at radius 1 is 0.367 bits per heavy atom. The molecule has 0 rings (SSSR count). The van der Waals surface area contributed by atoms with Crippen molar-refractivity contribution in [3.05, 3.63) is 0 Å². The molecule has 0 amide bonds. The molecule has 0 aliphatic carbocycles. The Kier molecular flexibility index (Phi) is 28.8. The Morgan fingerprint density at radius 3 is 0.933 bits per heavy atom. The molecule has 1 N–H and O–H groups in total. The maximum absolute atomic E-state index is 12.0. The first kappa shape index (κ1) is 29.9. The lowest BCUT2D eigenvalue weighted by molar-refractivity contribution is 0.449. The summed E-state index contributed by atoms with van der Waals surface area (Å²) in [5.74, 6) is 0. The van der Waals surface area contributed by atoms with Crippen LogP contribution in [0.15, 0.2) is 0 Å². The van der Waals surface area contributed by atoms with Gasteiger partial charge >= 0.3 is 0 Å². The Labute approximate surface area is 190 Å². The fraction of sp³-hybridized carbons (Fsp3) is 1.00. The molecule has 0 saturated heterocycles. The maximum Gasteiger partial charge on any atom is 0.0894 e. The average molecular weight is 428 g/mol. The zero-order valence-corrected chi connectivity index (χ0v) is 21.0. The molecule has 0 aliphatic heterocycles. The fourth-order valence-electron chi connectivity index (χ4n) is 4.33. The van der Waals surface area contributed by atoms with E-state index in [1.54, 1.807) is 0 Å². The topological polar surface area (TPSA) is 12.0 Å². The van der Waals surface area contributed by atoms with Crippen LogP contribution in [0.5, 0.6) is 0 Å². The second-order valence-electron chi connectivity index (χ2n) is 9.57. The van der Waals surface area contributed by atoms with E-state index >= 15 is 0 Å². The van der Waals surface area contributed by atoms with Crippen molar-refractivity contribution in [2.24, 2.45) is 0 Å². The Morgan fingerprint density at radius 2 is 0.633 bits per heavy atom. The van der Waals surface area contributed by atoms with Gasteiger partial charge in [-0.2, -0.15) is 0 Å². The smallest absolute Gasteiger partial charge is 0.0894 e. The Balaban J connectivity index is 2.97. The Hall–Kier alpha value is -0.110. The molecule has 0 aromatic carbocycles. The predicted molar refractivity (Wildman–Crippen MR) is 135 cm³/mol. The van der Waals surface area contributed by atoms with E-state index in [4.69, 9.17) is 0 Å². The fourth-order valence-corrected chi connectivity index (χ4v) is 4.33. The van der Waals surface area contributed by atoms with Crippen molar-refractivity contribution in [3.8, 4) is 0 Å². The SMILES string of the molecule is CCCCCCCCCCCCCCCCCCCCNCCCCCCCCF. The summed E-state index contributed by atoms with van der Waals surface area (Å²) < 4.78 is 12.0. The van der Waals surface area contributed by atoms with Crippen LogP contribution in [0.2, 0.25) is 0 Å². The zero-order chi connectivity index (χ0) is 21.8. The third-order valence-electron chi connectivity index (χ3n) is 6.44. The van der Waals surface area contributed by atoms with Crippen LogP contribution in [-0.2, 0) is 0 Å². The summed E-state index contributed by atoms with van der Waals surface area (Å²) in [6.45, 7) is 4.52. The largest absolute Gasteiger partial charge is 0.317 e. The van der Waals surface area contributed by atoms with Crippen molar-refractivity contribution < 1.29 is 4.39 Å². The predicted octanol–water partition coefficient (Wildman–Crippen LogP) is 9.93. The second kappa shape index (κ2) is 28.9. The monoisotopic (exact) mass is 427 g/mol. The van der Waals surface area contributed by atoms with Crippen molar-refractivity contribution in [1.29, 1.82) is 0 Å². The minimum absolute atomic E-state index is 0.138. The number of rotatable bonds is 27. The normalized spacial score (nSPS) is 11.4. The van der Waals surface area contributed by atoms with Crippen LogP contribution in [0, 0.1) is 0 Å². The standard InChI is InChI=1S/C28H58FN/c1-2-3-4-5-6-7-8-9-10-11-12-13-14-15-16-18-21-24-27-30-28-25-22-19-17-20-23-26-29/h30H,2-28H2,1H3. The van der Waals surface area contributed by atoms with Gasteiger partial charge in [0, 0.05) is 0 Å². The van der Waals surface area contributed by atoms with Crippen molar-refractivity contribution in [2.45, 2.75) is 161 Å². The minimum Gasteiger partial charge on any atom is -0.317 e. The molecule has 182 valence electrons. The summed E-state index contributed by atoms with van der Waals surface area (Å²) in [5.41, 5.74) is 0. The zero-order valence-electron chi connectivity index (χ0n) is 21.0. The van der Waals surface area contributed by atoms with Gasteiger partial charge in [-0.25, -0.2) is 0 Å². The minimum atomic E-state index is -0.138. The van der Waals surface area contributed by atoms with E-state index in [9.17, 15) is 4.39 Å². The summed E-state index contributed by atoms with van der Waals surface area (Å²) in [6, 6.07) is 0. The number of nitrogens with one attached hydrogen (secondary N) is 1. The van der Waals surface area contributed by atoms with Gasteiger partial charge in [-0.1, -0.05) is 142 Å². The van der Waals surface area contributed by atoms with Crippen LogP contribution in [0.4, 0.5) is 4.39 Å². The molecular formula is C28H58FN. The van der Waals surface area contributed by atoms with Gasteiger partial charge in [0.2, 0.25) is 0 Å². The molecule has 0 bridgehead atoms. The number of unbranched alkanes of at least 4 members (excludes halogenated alkanes) is 22. The summed E-state index contributed by atoms with van der Waals surface area (Å²) >= 11 is 0. The number of hydrogen-bond acceptors (Lipinski definition) is 1. The van der Waals surface area contributed by atoms with Gasteiger partial charge in [0.25, 0.3) is 0 Å². The van der Waals surface area contributed by atoms with Crippen molar-refractivity contribution >= 4 is 0 Å². The van der Waals surface area contributed by atoms with Crippen molar-refractivity contribution in [2.75, 3.05) is 19.8 Å². The third-order valence-corrected chi connectivity index (χ3v) is 6.44. The highest BCUT2D eigenvalue weighted by molar-refractivity contribution is 4.53. The molecular weight excluding hydrogens is 369 g/mol. The van der Waals surface area contributed by atoms with Gasteiger partial charge in [-0.05, 0) is 32.4 Å². The van der Waals surface area contributed by atoms with Crippen LogP contribution in [-0.4, -0.2) is 19.8 Å². The second-order valence-corrected chi connectivity index (χ2v) is 9.57. The van der Waals surface area contributed by atoms with E-state index in [1.807, 2.05) is 0 Å². The Bertz CT molecular complexity index is 254. The molecule has 0 radical (unpaired) electrons. The third kappa shape index (κ3) is 27.9. The van der Waals surface area contributed by atoms with Crippen LogP contribution >= 0.6 is 0 Å². The maximum atomic E-state index is 12.0. The number of halogens is 1. The highest BCUT2D eigenvalue weighted by atomic mass is 19.1. The highest BCUT2D eigenvalue weighted by Gasteiger charge is 1.96. The van der Waals surface area contributed by atoms with E-state index < -0.39 is 0 Å². The van der Waals surface area contributed by atoms with Crippen LogP contribution in [0.1, 0.15) is 161 Å². The molecule has 0 spiro atoms. The molecule has 0 fully saturated rings. The van der Waals surface area contributed by atoms with Crippen LogP contribution in [0.25, 0.3) is 0 Å². The number of hydrogen-bond donors (Lipinski definition) is 1. The summed E-state index contributed by atoms with van der Waals surface area (Å²) in [4.78, 5) is 0. The van der Waals surface area contributed by atoms with E-state index in [-0.39, 0.29) is 6.67 Å². The van der Waals surface area contributed by atoms with Crippen molar-refractivity contribution in [1.82, 2.24) is 5.32 Å². The molecule has 0 atom stereocenters. The van der Waals surface area contributed by atoms with Gasteiger partial charge in [-0.3, -0.25) is 4.39 Å². The van der Waals surface area contributed by atoms with E-state index in [2.05, 4.69) is 12.2 Å². The lowest BCUT2D eigenvalue weighted by Gasteiger charge is -2.05. The first-order valence-electron chi connectivity index (χ1n) is 14.2. The molecule has 30 heavy (non-hydrogen) atoms. The van der Waals surface area contributed by atoms with Gasteiger partial charge in [0.1, 0.15) is 0 Å². The molecule has 0 aliphatic rings. The summed E-state index contributed by atoms with van der Waals surface area (Å²) in [6.07, 6.45) is 32.9. The van der Waals surface area contributed by atoms with E-state index in [1.165, 1.54) is 154 Å². The van der Waals surface area contributed by atoms with Gasteiger partial charge < -0.3 is 5.32 Å². The van der Waals surface area contributed by atoms with Crippen LogP contribution in [0.3, 0.4) is 0 Å². The lowest BCUT2D eigenvalue weighted by Crippen LogP contribution is -2.16. The van der Waals surface area contributed by atoms with Crippen molar-refractivity contribution in [3.63, 3.8) is 0 Å². The average Bonchev–Trinajstić information content (AvgIpc) is 2.76. The first-order valence-corrected chi connectivity index (χ1v) is 14.2. The quantitative estimate of drug-likeness (QED) is 0.129. The molecule has 0 unspecified atom stereocenters. The molecule has 2 heteroatoms. The summed E-state index contributed by atoms with van der Waals surface area (Å²) in [7, 11) is 0. The van der Waals surface area contributed by atoms with Gasteiger partial charge in [0.15, 0.2) is 0 Å². The lowest BCUT2D eigenvalue weighted by atomic mass is 10.0. The van der Waals surface area contributed by atoms with E-state index in [0.29, 0.717) is 0 Å². The van der Waals surface area contributed by atoms with E-state index in [0.717, 1.165) is 12.8 Å². The highest BCUT2D eigenvalue weighted by Crippen LogP contribution is 2.14. The summed E-state index contributed by atoms with van der Waals surface area (Å²) in [5, 5.41) is 3.58. The molecule has 0 heterocycles. The molecule has 0 saturated carbocycles. The van der Waals surface area contributed by atoms with Gasteiger partial charge in [0.05, 0.1) is 6.67 Å². The first-order chi connectivity index (χ1) is 14.9.